The first-order chi connectivity index (χ1) is 8.04. The van der Waals surface area contributed by atoms with E-state index in [1.165, 1.54) is 0 Å². The van der Waals surface area contributed by atoms with Crippen LogP contribution in [0.25, 0.3) is 0 Å². The quantitative estimate of drug-likeness (QED) is 0.749. The van der Waals surface area contributed by atoms with Gasteiger partial charge in [-0.1, -0.05) is 6.07 Å². The monoisotopic (exact) mass is 229 g/mol. The summed E-state index contributed by atoms with van der Waals surface area (Å²) in [6, 6.07) is 5.92. The highest BCUT2D eigenvalue weighted by molar-refractivity contribution is 6.06. The van der Waals surface area contributed by atoms with Crippen molar-refractivity contribution in [1.29, 1.82) is 5.26 Å². The number of ketones is 1. The number of aryl methyl sites for hydroxylation is 2. The summed E-state index contributed by atoms with van der Waals surface area (Å²) in [5.74, 6) is 0.505. The van der Waals surface area contributed by atoms with Crippen molar-refractivity contribution in [3.63, 3.8) is 0 Å². The van der Waals surface area contributed by atoms with Crippen molar-refractivity contribution in [2.75, 3.05) is 7.11 Å². The summed E-state index contributed by atoms with van der Waals surface area (Å²) in [5.41, 5.74) is 1.71. The van der Waals surface area contributed by atoms with E-state index in [1.54, 1.807) is 7.11 Å². The summed E-state index contributed by atoms with van der Waals surface area (Å²) in [7, 11) is 1.56. The van der Waals surface area contributed by atoms with Crippen LogP contribution in [-0.4, -0.2) is 12.9 Å². The lowest BCUT2D eigenvalue weighted by Crippen LogP contribution is -2.15. The summed E-state index contributed by atoms with van der Waals surface area (Å²) in [6.07, 6.45) is 1.33. The lowest BCUT2D eigenvalue weighted by molar-refractivity contribution is 0.0931. The van der Waals surface area contributed by atoms with Crippen molar-refractivity contribution >= 4 is 5.78 Å². The molecule has 88 valence electrons. The number of benzene rings is 1. The zero-order valence-electron chi connectivity index (χ0n) is 10.3. The Hall–Kier alpha value is -1.82. The maximum Gasteiger partial charge on any atom is 0.186 e. The number of Topliss-reactive ketones (excluding diaryl/α,β-unsaturated/α-hetero) is 1. The number of carbonyl (C=O) groups excluding carboxylic acids is 1. The van der Waals surface area contributed by atoms with Crippen LogP contribution in [0.4, 0.5) is 0 Å². The Morgan fingerprint density at radius 2 is 2.06 bits per heavy atom. The first kappa shape index (κ1) is 11.7. The van der Waals surface area contributed by atoms with Gasteiger partial charge in [-0.3, -0.25) is 4.79 Å². The van der Waals surface area contributed by atoms with Crippen molar-refractivity contribution in [3.05, 3.63) is 28.8 Å². The van der Waals surface area contributed by atoms with Gasteiger partial charge in [0, 0.05) is 0 Å². The fourth-order valence-electron chi connectivity index (χ4n) is 2.17. The molecule has 17 heavy (non-hydrogen) atoms. The first-order valence-electron chi connectivity index (χ1n) is 5.65. The van der Waals surface area contributed by atoms with Crippen molar-refractivity contribution in [2.24, 2.45) is 5.41 Å². The van der Waals surface area contributed by atoms with E-state index >= 15 is 0 Å². The molecule has 1 aromatic carbocycles. The first-order valence-corrected chi connectivity index (χ1v) is 5.65. The van der Waals surface area contributed by atoms with E-state index in [2.05, 4.69) is 6.07 Å². The van der Waals surface area contributed by atoms with E-state index in [0.29, 0.717) is 24.2 Å². The fourth-order valence-corrected chi connectivity index (χ4v) is 2.17. The molecule has 0 bridgehead atoms. The average molecular weight is 229 g/mol. The van der Waals surface area contributed by atoms with Gasteiger partial charge in [-0.15, -0.1) is 0 Å². The van der Waals surface area contributed by atoms with Crippen LogP contribution in [-0.2, 0) is 0 Å². The lowest BCUT2D eigenvalue weighted by atomic mass is 9.93. The average Bonchev–Trinajstić information content (AvgIpc) is 3.08. The lowest BCUT2D eigenvalue weighted by Gasteiger charge is -2.13. The van der Waals surface area contributed by atoms with Crippen molar-refractivity contribution in [3.8, 4) is 11.8 Å². The molecular weight excluding hydrogens is 214 g/mol. The third kappa shape index (κ3) is 1.80. The van der Waals surface area contributed by atoms with Gasteiger partial charge in [0.15, 0.2) is 5.78 Å². The Bertz CT molecular complexity index is 522. The van der Waals surface area contributed by atoms with Crippen LogP contribution < -0.4 is 4.74 Å². The molecule has 0 radical (unpaired) electrons. The maximum atomic E-state index is 12.3. The predicted molar refractivity (Wildman–Crippen MR) is 64.1 cm³/mol. The number of hydrogen-bond donors (Lipinski definition) is 0. The summed E-state index contributed by atoms with van der Waals surface area (Å²) < 4.78 is 5.29. The second-order valence-electron chi connectivity index (χ2n) is 4.69. The minimum absolute atomic E-state index is 0.0938. The molecule has 0 spiro atoms. The van der Waals surface area contributed by atoms with Crippen molar-refractivity contribution in [1.82, 2.24) is 0 Å². The summed E-state index contributed by atoms with van der Waals surface area (Å²) in [6.45, 7) is 3.85. The number of carbonyl (C=O) groups is 1. The van der Waals surface area contributed by atoms with Crippen molar-refractivity contribution in [2.45, 2.75) is 26.7 Å². The minimum Gasteiger partial charge on any atom is -0.496 e. The number of ether oxygens (including phenoxy) is 1. The topological polar surface area (TPSA) is 50.1 Å². The molecule has 1 fully saturated rings. The van der Waals surface area contributed by atoms with Gasteiger partial charge >= 0.3 is 0 Å². The highest BCUT2D eigenvalue weighted by Crippen LogP contribution is 2.49. The van der Waals surface area contributed by atoms with E-state index in [1.807, 2.05) is 26.0 Å². The molecule has 0 atom stereocenters. The van der Waals surface area contributed by atoms with E-state index in [9.17, 15) is 4.79 Å². The molecular formula is C14H15NO2. The molecule has 0 N–H and O–H groups in total. The molecule has 0 amide bonds. The van der Waals surface area contributed by atoms with Gasteiger partial charge < -0.3 is 4.74 Å². The molecule has 1 saturated carbocycles. The molecule has 2 rings (SSSR count). The minimum atomic E-state index is -0.784. The van der Waals surface area contributed by atoms with Gasteiger partial charge in [-0.2, -0.15) is 5.26 Å². The van der Waals surface area contributed by atoms with Crippen LogP contribution in [0.5, 0.6) is 5.75 Å². The standard InChI is InChI=1S/C14H15NO2/c1-9-6-10(2)12(17-3)11(7-9)13(16)14(8-15)4-5-14/h6-7H,4-5H2,1-3H3. The van der Waals surface area contributed by atoms with Gasteiger partial charge in [-0.25, -0.2) is 0 Å². The van der Waals surface area contributed by atoms with Gasteiger partial charge in [0.05, 0.1) is 18.7 Å². The van der Waals surface area contributed by atoms with Crippen LogP contribution >= 0.6 is 0 Å². The third-order valence-electron chi connectivity index (χ3n) is 3.27. The van der Waals surface area contributed by atoms with E-state index < -0.39 is 5.41 Å². The molecule has 1 aromatic rings. The SMILES string of the molecule is COc1c(C)cc(C)cc1C(=O)C1(C#N)CC1. The van der Waals surface area contributed by atoms with Gasteiger partial charge in [-0.05, 0) is 43.9 Å². The van der Waals surface area contributed by atoms with Gasteiger partial charge in [0.25, 0.3) is 0 Å². The number of methoxy groups -OCH3 is 1. The Labute approximate surface area is 101 Å². The number of hydrogen-bond acceptors (Lipinski definition) is 3. The zero-order chi connectivity index (χ0) is 12.6. The third-order valence-corrected chi connectivity index (χ3v) is 3.27. The van der Waals surface area contributed by atoms with Crippen LogP contribution in [0.15, 0.2) is 12.1 Å². The van der Waals surface area contributed by atoms with Gasteiger partial charge in [0.2, 0.25) is 0 Å². The molecule has 0 aliphatic heterocycles. The normalized spacial score (nSPS) is 16.1. The molecule has 1 aliphatic carbocycles. The van der Waals surface area contributed by atoms with Crippen LogP contribution in [0.3, 0.4) is 0 Å². The highest BCUT2D eigenvalue weighted by Gasteiger charge is 2.51. The molecule has 0 saturated heterocycles. The summed E-state index contributed by atoms with van der Waals surface area (Å²) >= 11 is 0. The summed E-state index contributed by atoms with van der Waals surface area (Å²) in [4.78, 5) is 12.3. The van der Waals surface area contributed by atoms with Crippen molar-refractivity contribution < 1.29 is 9.53 Å². The Morgan fingerprint density at radius 3 is 2.53 bits per heavy atom. The molecule has 0 unspecified atom stereocenters. The zero-order valence-corrected chi connectivity index (χ0v) is 10.3. The highest BCUT2D eigenvalue weighted by atomic mass is 16.5. The molecule has 0 aromatic heterocycles. The van der Waals surface area contributed by atoms with E-state index in [-0.39, 0.29) is 5.78 Å². The molecule has 1 aliphatic rings. The second kappa shape index (κ2) is 3.89. The predicted octanol–water partition coefficient (Wildman–Crippen LogP) is 2.80. The Balaban J connectivity index is 2.52. The van der Waals surface area contributed by atoms with E-state index in [0.717, 1.165) is 11.1 Å². The molecule has 0 heterocycles. The maximum absolute atomic E-state index is 12.3. The van der Waals surface area contributed by atoms with Gasteiger partial charge in [0.1, 0.15) is 11.2 Å². The van der Waals surface area contributed by atoms with Crippen LogP contribution in [0, 0.1) is 30.6 Å². The largest absolute Gasteiger partial charge is 0.496 e. The van der Waals surface area contributed by atoms with E-state index in [4.69, 9.17) is 10.00 Å². The second-order valence-corrected chi connectivity index (χ2v) is 4.69. The molecule has 3 nitrogen and oxygen atoms in total. The number of nitrogens with zero attached hydrogens (tertiary/aromatic N) is 1. The number of nitriles is 1. The van der Waals surface area contributed by atoms with Crippen LogP contribution in [0.1, 0.15) is 34.3 Å². The summed E-state index contributed by atoms with van der Waals surface area (Å²) in [5, 5.41) is 9.08. The van der Waals surface area contributed by atoms with Crippen LogP contribution in [0.2, 0.25) is 0 Å². The Kier molecular flexibility index (Phi) is 2.66. The fraction of sp³-hybridized carbons (Fsp3) is 0.429. The number of rotatable bonds is 3. The smallest absolute Gasteiger partial charge is 0.186 e. The molecule has 3 heteroatoms. The Morgan fingerprint density at radius 1 is 1.41 bits per heavy atom.